The van der Waals surface area contributed by atoms with Gasteiger partial charge in [0.2, 0.25) is 0 Å². The molecule has 1 saturated heterocycles. The van der Waals surface area contributed by atoms with Crippen LogP contribution in [-0.2, 0) is 16.1 Å². The molecule has 1 aromatic rings. The van der Waals surface area contributed by atoms with Crippen LogP contribution >= 0.6 is 0 Å². The molecule has 1 heterocycles. The Bertz CT molecular complexity index is 498. The van der Waals surface area contributed by atoms with Crippen molar-refractivity contribution < 1.29 is 28.2 Å². The van der Waals surface area contributed by atoms with Gasteiger partial charge in [-0.05, 0) is 17.7 Å². The van der Waals surface area contributed by atoms with Crippen LogP contribution in [0.15, 0.2) is 24.3 Å². The molecule has 0 amide bonds. The SMILES string of the molecule is COC(=O)[C@@H]1C[C@@H](O)CN1Cc1cccc(OC(F)F)c1. The Morgan fingerprint density at radius 3 is 2.95 bits per heavy atom. The molecular weight excluding hydrogens is 284 g/mol. The van der Waals surface area contributed by atoms with Gasteiger partial charge in [0, 0.05) is 19.5 Å². The lowest BCUT2D eigenvalue weighted by molar-refractivity contribution is -0.146. The van der Waals surface area contributed by atoms with Crippen LogP contribution in [0.1, 0.15) is 12.0 Å². The molecule has 1 aliphatic heterocycles. The average molecular weight is 301 g/mol. The maximum atomic E-state index is 12.2. The van der Waals surface area contributed by atoms with Crippen LogP contribution in [0, 0.1) is 0 Å². The topological polar surface area (TPSA) is 59.0 Å². The number of ether oxygens (including phenoxy) is 2. The third kappa shape index (κ3) is 4.12. The molecule has 1 aromatic carbocycles. The smallest absolute Gasteiger partial charge is 0.387 e. The van der Waals surface area contributed by atoms with E-state index >= 15 is 0 Å². The highest BCUT2D eigenvalue weighted by Crippen LogP contribution is 2.23. The standard InChI is InChI=1S/C14H17F2NO4/c1-20-13(19)12-6-10(18)8-17(12)7-9-3-2-4-11(5-9)21-14(15)16/h2-5,10,12,14,18H,6-8H2,1H3/t10-,12+/m1/s1. The average Bonchev–Trinajstić information content (AvgIpc) is 2.78. The largest absolute Gasteiger partial charge is 0.468 e. The number of methoxy groups -OCH3 is 1. The minimum absolute atomic E-state index is 0.0665. The zero-order valence-electron chi connectivity index (χ0n) is 11.5. The number of β-amino-alcohol motifs (C(OH)–C–C–N with tert-alkyl or cyclic N) is 1. The summed E-state index contributed by atoms with van der Waals surface area (Å²) in [4.78, 5) is 13.4. The summed E-state index contributed by atoms with van der Waals surface area (Å²) in [6.45, 7) is -2.20. The lowest BCUT2D eigenvalue weighted by atomic mass is 10.1. The Hall–Kier alpha value is -1.73. The van der Waals surface area contributed by atoms with Gasteiger partial charge in [-0.3, -0.25) is 9.69 Å². The fourth-order valence-corrected chi connectivity index (χ4v) is 2.49. The quantitative estimate of drug-likeness (QED) is 0.833. The number of nitrogens with zero attached hydrogens (tertiary/aromatic N) is 1. The summed E-state index contributed by atoms with van der Waals surface area (Å²) in [5.74, 6) is -0.344. The first-order chi connectivity index (χ1) is 9.99. The molecule has 0 aromatic heterocycles. The third-order valence-corrected chi connectivity index (χ3v) is 3.36. The van der Waals surface area contributed by atoms with Gasteiger partial charge in [0.05, 0.1) is 13.2 Å². The lowest BCUT2D eigenvalue weighted by Crippen LogP contribution is -2.36. The Balaban J connectivity index is 2.07. The normalized spacial score (nSPS) is 22.5. The van der Waals surface area contributed by atoms with Crippen LogP contribution in [0.5, 0.6) is 5.75 Å². The number of hydrogen-bond donors (Lipinski definition) is 1. The molecule has 116 valence electrons. The van der Waals surface area contributed by atoms with E-state index in [1.165, 1.54) is 19.2 Å². The molecule has 0 bridgehead atoms. The van der Waals surface area contributed by atoms with E-state index in [9.17, 15) is 18.7 Å². The van der Waals surface area contributed by atoms with E-state index in [-0.39, 0.29) is 5.75 Å². The van der Waals surface area contributed by atoms with Gasteiger partial charge >= 0.3 is 12.6 Å². The molecule has 0 radical (unpaired) electrons. The van der Waals surface area contributed by atoms with Gasteiger partial charge in [0.1, 0.15) is 11.8 Å². The lowest BCUT2D eigenvalue weighted by Gasteiger charge is -2.22. The Morgan fingerprint density at radius 1 is 1.52 bits per heavy atom. The molecule has 0 saturated carbocycles. The van der Waals surface area contributed by atoms with Crippen molar-refractivity contribution in [3.63, 3.8) is 0 Å². The molecular formula is C14H17F2NO4. The van der Waals surface area contributed by atoms with Gasteiger partial charge in [0.15, 0.2) is 0 Å². The van der Waals surface area contributed by atoms with Crippen LogP contribution in [0.25, 0.3) is 0 Å². The fraction of sp³-hybridized carbons (Fsp3) is 0.500. The van der Waals surface area contributed by atoms with E-state index < -0.39 is 24.7 Å². The zero-order chi connectivity index (χ0) is 15.4. The molecule has 0 aliphatic carbocycles. The number of benzene rings is 1. The number of carbonyl (C=O) groups is 1. The summed E-state index contributed by atoms with van der Waals surface area (Å²) in [5, 5.41) is 9.69. The van der Waals surface area contributed by atoms with Crippen molar-refractivity contribution in [2.24, 2.45) is 0 Å². The van der Waals surface area contributed by atoms with Crippen LogP contribution < -0.4 is 4.74 Å². The maximum Gasteiger partial charge on any atom is 0.387 e. The van der Waals surface area contributed by atoms with Crippen molar-refractivity contribution in [3.05, 3.63) is 29.8 Å². The Kier molecular flexibility index (Phi) is 5.08. The molecule has 1 fully saturated rings. The Labute approximate surface area is 121 Å². The number of rotatable bonds is 5. The summed E-state index contributed by atoms with van der Waals surface area (Å²) in [5.41, 5.74) is 0.719. The van der Waals surface area contributed by atoms with E-state index in [1.807, 2.05) is 0 Å². The summed E-state index contributed by atoms with van der Waals surface area (Å²) in [6.07, 6.45) is -0.297. The summed E-state index contributed by atoms with van der Waals surface area (Å²) >= 11 is 0. The van der Waals surface area contributed by atoms with Crippen LogP contribution in [0.3, 0.4) is 0 Å². The van der Waals surface area contributed by atoms with Gasteiger partial charge in [-0.1, -0.05) is 12.1 Å². The van der Waals surface area contributed by atoms with E-state index in [2.05, 4.69) is 4.74 Å². The second kappa shape index (κ2) is 6.82. The van der Waals surface area contributed by atoms with Crippen molar-refractivity contribution in [3.8, 4) is 5.75 Å². The first-order valence-corrected chi connectivity index (χ1v) is 6.53. The van der Waals surface area contributed by atoms with Crippen molar-refractivity contribution in [1.82, 2.24) is 4.90 Å². The van der Waals surface area contributed by atoms with Gasteiger partial charge in [-0.15, -0.1) is 0 Å². The summed E-state index contributed by atoms with van der Waals surface area (Å²) in [7, 11) is 1.29. The predicted molar refractivity (Wildman–Crippen MR) is 69.9 cm³/mol. The predicted octanol–water partition coefficient (Wildman–Crippen LogP) is 1.40. The first-order valence-electron chi connectivity index (χ1n) is 6.53. The number of esters is 1. The number of carbonyl (C=O) groups excluding carboxylic acids is 1. The van der Waals surface area contributed by atoms with Crippen LogP contribution in [0.2, 0.25) is 0 Å². The van der Waals surface area contributed by atoms with Crippen LogP contribution in [-0.4, -0.2) is 48.4 Å². The highest BCUT2D eigenvalue weighted by Gasteiger charge is 2.36. The summed E-state index contributed by atoms with van der Waals surface area (Å²) < 4.78 is 33.4. The molecule has 0 spiro atoms. The second-order valence-electron chi connectivity index (χ2n) is 4.88. The molecule has 1 N–H and O–H groups in total. The fourth-order valence-electron chi connectivity index (χ4n) is 2.49. The minimum atomic E-state index is -2.88. The number of likely N-dealkylation sites (tertiary alicyclic amines) is 1. The number of aliphatic hydroxyl groups excluding tert-OH is 1. The third-order valence-electron chi connectivity index (χ3n) is 3.36. The van der Waals surface area contributed by atoms with E-state index in [4.69, 9.17) is 4.74 Å². The van der Waals surface area contributed by atoms with Crippen molar-refractivity contribution in [1.29, 1.82) is 0 Å². The highest BCUT2D eigenvalue weighted by atomic mass is 19.3. The van der Waals surface area contributed by atoms with Gasteiger partial charge in [0.25, 0.3) is 0 Å². The van der Waals surface area contributed by atoms with Gasteiger partial charge in [-0.25, -0.2) is 0 Å². The van der Waals surface area contributed by atoms with Gasteiger partial charge < -0.3 is 14.6 Å². The van der Waals surface area contributed by atoms with E-state index in [1.54, 1.807) is 17.0 Å². The number of alkyl halides is 2. The summed E-state index contributed by atoms with van der Waals surface area (Å²) in [6, 6.07) is 5.76. The first kappa shape index (κ1) is 15.7. The molecule has 1 aliphatic rings. The second-order valence-corrected chi connectivity index (χ2v) is 4.88. The van der Waals surface area contributed by atoms with Crippen LogP contribution in [0.4, 0.5) is 8.78 Å². The maximum absolute atomic E-state index is 12.2. The van der Waals surface area contributed by atoms with Crippen molar-refractivity contribution in [2.75, 3.05) is 13.7 Å². The Morgan fingerprint density at radius 2 is 2.29 bits per heavy atom. The monoisotopic (exact) mass is 301 g/mol. The van der Waals surface area contributed by atoms with E-state index in [0.717, 1.165) is 5.56 Å². The molecule has 21 heavy (non-hydrogen) atoms. The zero-order valence-corrected chi connectivity index (χ0v) is 11.5. The van der Waals surface area contributed by atoms with Gasteiger partial charge in [-0.2, -0.15) is 8.78 Å². The van der Waals surface area contributed by atoms with E-state index in [0.29, 0.717) is 19.5 Å². The van der Waals surface area contributed by atoms with Crippen molar-refractivity contribution >= 4 is 5.97 Å². The number of hydrogen-bond acceptors (Lipinski definition) is 5. The van der Waals surface area contributed by atoms with Crippen molar-refractivity contribution in [2.45, 2.75) is 31.7 Å². The number of halogens is 2. The molecule has 7 heteroatoms. The molecule has 2 rings (SSSR count). The molecule has 2 atom stereocenters. The number of aliphatic hydroxyl groups is 1. The molecule has 5 nitrogen and oxygen atoms in total. The molecule has 0 unspecified atom stereocenters. The minimum Gasteiger partial charge on any atom is -0.468 e. The highest BCUT2D eigenvalue weighted by molar-refractivity contribution is 5.76.